The fraction of sp³-hybridized carbons (Fsp3) is 0.667. The average Bonchev–Trinajstić information content (AvgIpc) is 2.84. The molecule has 1 aliphatic rings. The molecule has 2 rings (SSSR count). The highest BCUT2D eigenvalue weighted by Crippen LogP contribution is 2.41. The van der Waals surface area contributed by atoms with E-state index in [1.54, 1.807) is 11.3 Å². The zero-order valence-electron chi connectivity index (χ0n) is 7.69. The molecule has 1 aromatic heterocycles. The fourth-order valence-corrected chi connectivity index (χ4v) is 2.39. The van der Waals surface area contributed by atoms with Crippen molar-refractivity contribution in [3.8, 4) is 0 Å². The summed E-state index contributed by atoms with van der Waals surface area (Å²) in [6.07, 6.45) is 2.63. The van der Waals surface area contributed by atoms with Crippen LogP contribution in [0.2, 0.25) is 0 Å². The number of rotatable bonds is 4. The third-order valence-electron chi connectivity index (χ3n) is 2.32. The minimum atomic E-state index is 0.314. The van der Waals surface area contributed by atoms with E-state index in [-0.39, 0.29) is 0 Å². The van der Waals surface area contributed by atoms with E-state index in [0.717, 1.165) is 11.6 Å². The molecule has 1 unspecified atom stereocenters. The van der Waals surface area contributed by atoms with Crippen LogP contribution in [0.3, 0.4) is 0 Å². The lowest BCUT2D eigenvalue weighted by molar-refractivity contribution is 0.126. The second-order valence-corrected chi connectivity index (χ2v) is 4.51. The summed E-state index contributed by atoms with van der Waals surface area (Å²) in [5.74, 6) is 6.09. The van der Waals surface area contributed by atoms with Crippen LogP contribution < -0.4 is 5.90 Å². The molecule has 1 heterocycles. The predicted octanol–water partition coefficient (Wildman–Crippen LogP) is 2.01. The Morgan fingerprint density at radius 3 is 3.15 bits per heavy atom. The third-order valence-corrected chi connectivity index (χ3v) is 3.34. The van der Waals surface area contributed by atoms with E-state index >= 15 is 0 Å². The monoisotopic (exact) mass is 198 g/mol. The first-order valence-electron chi connectivity index (χ1n) is 4.58. The van der Waals surface area contributed by atoms with Crippen molar-refractivity contribution in [3.63, 3.8) is 0 Å². The van der Waals surface area contributed by atoms with E-state index in [1.165, 1.54) is 17.8 Å². The number of nitrogens with two attached hydrogens (primary N) is 1. The molecule has 0 spiro atoms. The molecule has 13 heavy (non-hydrogen) atoms. The standard InChI is InChI=1S/C9H14N2OS/c1-6(4-12-10)8-5-13-9(11-8)7-2-3-7/h5-7H,2-4,10H2,1H3. The molecule has 4 heteroatoms. The minimum Gasteiger partial charge on any atom is -0.304 e. The number of hydrogen-bond acceptors (Lipinski definition) is 4. The van der Waals surface area contributed by atoms with Crippen molar-refractivity contribution >= 4 is 11.3 Å². The van der Waals surface area contributed by atoms with E-state index in [4.69, 9.17) is 5.90 Å². The van der Waals surface area contributed by atoms with Crippen LogP contribution in [0.4, 0.5) is 0 Å². The molecule has 0 radical (unpaired) electrons. The summed E-state index contributed by atoms with van der Waals surface area (Å²) >= 11 is 1.77. The number of thiazole rings is 1. The van der Waals surface area contributed by atoms with E-state index in [0.29, 0.717) is 12.5 Å². The Balaban J connectivity index is 2.03. The number of aromatic nitrogens is 1. The van der Waals surface area contributed by atoms with Crippen molar-refractivity contribution in [2.45, 2.75) is 31.6 Å². The maximum atomic E-state index is 5.02. The molecule has 0 amide bonds. The minimum absolute atomic E-state index is 0.314. The molecule has 2 N–H and O–H groups in total. The van der Waals surface area contributed by atoms with Crippen LogP contribution in [0, 0.1) is 0 Å². The normalized spacial score (nSPS) is 18.9. The van der Waals surface area contributed by atoms with Crippen molar-refractivity contribution in [3.05, 3.63) is 16.1 Å². The first-order valence-corrected chi connectivity index (χ1v) is 5.46. The summed E-state index contributed by atoms with van der Waals surface area (Å²) in [5.41, 5.74) is 1.12. The van der Waals surface area contributed by atoms with Crippen LogP contribution in [-0.4, -0.2) is 11.6 Å². The van der Waals surface area contributed by atoms with Gasteiger partial charge in [-0.1, -0.05) is 6.92 Å². The van der Waals surface area contributed by atoms with Crippen LogP contribution in [0.25, 0.3) is 0 Å². The largest absolute Gasteiger partial charge is 0.304 e. The van der Waals surface area contributed by atoms with Crippen LogP contribution >= 0.6 is 11.3 Å². The zero-order chi connectivity index (χ0) is 9.26. The van der Waals surface area contributed by atoms with Gasteiger partial charge in [-0.3, -0.25) is 0 Å². The molecule has 0 aliphatic heterocycles. The highest BCUT2D eigenvalue weighted by molar-refractivity contribution is 7.09. The smallest absolute Gasteiger partial charge is 0.0959 e. The van der Waals surface area contributed by atoms with Crippen LogP contribution in [-0.2, 0) is 4.84 Å². The van der Waals surface area contributed by atoms with Gasteiger partial charge in [-0.15, -0.1) is 11.3 Å². The van der Waals surface area contributed by atoms with Crippen LogP contribution in [0.1, 0.15) is 42.3 Å². The Morgan fingerprint density at radius 1 is 1.77 bits per heavy atom. The molecule has 72 valence electrons. The molecule has 1 atom stereocenters. The highest BCUT2D eigenvalue weighted by atomic mass is 32.1. The maximum Gasteiger partial charge on any atom is 0.0959 e. The molecule has 0 bridgehead atoms. The van der Waals surface area contributed by atoms with Crippen molar-refractivity contribution in [2.75, 3.05) is 6.61 Å². The van der Waals surface area contributed by atoms with Gasteiger partial charge in [0.2, 0.25) is 0 Å². The van der Waals surface area contributed by atoms with Crippen LogP contribution in [0.15, 0.2) is 5.38 Å². The van der Waals surface area contributed by atoms with Crippen LogP contribution in [0.5, 0.6) is 0 Å². The number of nitrogens with zero attached hydrogens (tertiary/aromatic N) is 1. The summed E-state index contributed by atoms with van der Waals surface area (Å²) in [6, 6.07) is 0. The van der Waals surface area contributed by atoms with Gasteiger partial charge in [0, 0.05) is 17.2 Å². The first kappa shape index (κ1) is 9.12. The third kappa shape index (κ3) is 2.07. The number of hydrogen-bond donors (Lipinski definition) is 1. The Labute approximate surface area is 81.9 Å². The lowest BCUT2D eigenvalue weighted by atomic mass is 10.1. The Morgan fingerprint density at radius 2 is 2.54 bits per heavy atom. The summed E-state index contributed by atoms with van der Waals surface area (Å²) in [4.78, 5) is 9.18. The lowest BCUT2D eigenvalue weighted by Crippen LogP contribution is -2.08. The molecule has 1 fully saturated rings. The Hall–Kier alpha value is -0.450. The highest BCUT2D eigenvalue weighted by Gasteiger charge is 2.27. The summed E-state index contributed by atoms with van der Waals surface area (Å²) in [6.45, 7) is 2.63. The van der Waals surface area contributed by atoms with E-state index in [2.05, 4.69) is 22.1 Å². The molecule has 1 saturated carbocycles. The van der Waals surface area contributed by atoms with Crippen molar-refractivity contribution in [2.24, 2.45) is 5.90 Å². The predicted molar refractivity (Wildman–Crippen MR) is 52.6 cm³/mol. The topological polar surface area (TPSA) is 48.1 Å². The van der Waals surface area contributed by atoms with Gasteiger partial charge in [0.1, 0.15) is 0 Å². The quantitative estimate of drug-likeness (QED) is 0.753. The molecule has 0 saturated heterocycles. The molecule has 1 aliphatic carbocycles. The van der Waals surface area contributed by atoms with Crippen molar-refractivity contribution in [1.29, 1.82) is 0 Å². The second-order valence-electron chi connectivity index (χ2n) is 3.62. The molecule has 1 aromatic rings. The van der Waals surface area contributed by atoms with Gasteiger partial charge in [0.25, 0.3) is 0 Å². The zero-order valence-corrected chi connectivity index (χ0v) is 8.51. The molecule has 3 nitrogen and oxygen atoms in total. The van der Waals surface area contributed by atoms with Gasteiger partial charge in [0.15, 0.2) is 0 Å². The van der Waals surface area contributed by atoms with E-state index in [1.807, 2.05) is 0 Å². The van der Waals surface area contributed by atoms with E-state index < -0.39 is 0 Å². The molecule has 0 aromatic carbocycles. The van der Waals surface area contributed by atoms with Gasteiger partial charge in [0.05, 0.1) is 17.3 Å². The maximum absolute atomic E-state index is 5.02. The first-order chi connectivity index (χ1) is 6.31. The lowest BCUT2D eigenvalue weighted by Gasteiger charge is -2.04. The SMILES string of the molecule is CC(CON)c1csc(C2CC2)n1. The summed E-state index contributed by atoms with van der Waals surface area (Å²) in [5, 5.41) is 3.41. The second kappa shape index (κ2) is 3.74. The molecular formula is C9H14N2OS. The van der Waals surface area contributed by atoms with Gasteiger partial charge < -0.3 is 4.84 Å². The fourth-order valence-electron chi connectivity index (χ4n) is 1.27. The van der Waals surface area contributed by atoms with Crippen molar-refractivity contribution in [1.82, 2.24) is 4.98 Å². The van der Waals surface area contributed by atoms with Crippen molar-refractivity contribution < 1.29 is 4.84 Å². The van der Waals surface area contributed by atoms with Gasteiger partial charge in [-0.25, -0.2) is 10.9 Å². The van der Waals surface area contributed by atoms with Gasteiger partial charge in [-0.2, -0.15) is 0 Å². The average molecular weight is 198 g/mol. The summed E-state index contributed by atoms with van der Waals surface area (Å²) in [7, 11) is 0. The Bertz CT molecular complexity index is 283. The molecular weight excluding hydrogens is 184 g/mol. The summed E-state index contributed by atoms with van der Waals surface area (Å²) < 4.78 is 0. The Kier molecular flexibility index (Phi) is 2.62. The van der Waals surface area contributed by atoms with Gasteiger partial charge in [-0.05, 0) is 12.8 Å². The van der Waals surface area contributed by atoms with E-state index in [9.17, 15) is 0 Å². The van der Waals surface area contributed by atoms with Gasteiger partial charge >= 0.3 is 0 Å².